The van der Waals surface area contributed by atoms with Gasteiger partial charge in [-0.3, -0.25) is 10.1 Å². The van der Waals surface area contributed by atoms with E-state index in [1.165, 1.54) is 16.9 Å². The van der Waals surface area contributed by atoms with Crippen LogP contribution in [0.1, 0.15) is 0 Å². The summed E-state index contributed by atoms with van der Waals surface area (Å²) in [6.07, 6.45) is -1.27. The number of carbonyl (C=O) groups excluding carboxylic acids is 1. The Balaban J connectivity index is 2.98. The Morgan fingerprint density at radius 2 is 2.00 bits per heavy atom. The maximum absolute atomic E-state index is 11.3. The molecule has 0 aliphatic carbocycles. The number of amides is 1. The van der Waals surface area contributed by atoms with Crippen LogP contribution >= 0.6 is 0 Å². The van der Waals surface area contributed by atoms with Crippen molar-refractivity contribution in [2.45, 2.75) is 0 Å². The molecule has 98 valence electrons. The van der Waals surface area contributed by atoms with Crippen LogP contribution in [0.2, 0.25) is 0 Å². The molecule has 0 aromatic heterocycles. The van der Waals surface area contributed by atoms with Crippen molar-refractivity contribution in [3.05, 3.63) is 34.4 Å². The number of benzene rings is 1. The molecule has 0 atom stereocenters. The topological polar surface area (TPSA) is 125 Å². The van der Waals surface area contributed by atoms with Gasteiger partial charge < -0.3 is 8.92 Å². The van der Waals surface area contributed by atoms with E-state index in [1.54, 1.807) is 0 Å². The minimum atomic E-state index is -4.53. The molecule has 0 saturated heterocycles. The second kappa shape index (κ2) is 5.31. The highest BCUT2D eigenvalue weighted by Gasteiger charge is 2.22. The number of hydrogen-bond acceptors (Lipinski definition) is 7. The number of carbonyl (C=O) groups is 1. The van der Waals surface area contributed by atoms with Gasteiger partial charge in [0.05, 0.1) is 12.0 Å². The van der Waals surface area contributed by atoms with E-state index in [0.29, 0.717) is 0 Å². The molecule has 18 heavy (non-hydrogen) atoms. The van der Waals surface area contributed by atoms with Gasteiger partial charge in [-0.15, -0.1) is 0 Å². The number of hydrogen-bond donors (Lipinski definition) is 1. The fourth-order valence-corrected chi connectivity index (χ4v) is 1.67. The van der Waals surface area contributed by atoms with E-state index < -0.39 is 32.8 Å². The number of ether oxygens (including phenoxy) is 1. The lowest BCUT2D eigenvalue weighted by Crippen LogP contribution is -2.33. The lowest BCUT2D eigenvalue weighted by Gasteiger charge is -2.07. The van der Waals surface area contributed by atoms with Gasteiger partial charge in [-0.05, 0) is 6.07 Å². The Morgan fingerprint density at radius 1 is 1.39 bits per heavy atom. The predicted octanol–water partition coefficient (Wildman–Crippen LogP) is 0.574. The first-order chi connectivity index (χ1) is 8.35. The number of nitrogens with one attached hydrogen (secondary N) is 1. The quantitative estimate of drug-likeness (QED) is 0.629. The highest BCUT2D eigenvalue weighted by Crippen LogP contribution is 2.26. The number of para-hydroxylation sites is 2. The summed E-state index contributed by atoms with van der Waals surface area (Å²) in [6.45, 7) is 0. The first kappa shape index (κ1) is 13.7. The Labute approximate surface area is 102 Å². The van der Waals surface area contributed by atoms with Crippen molar-refractivity contribution in [3.8, 4) is 5.75 Å². The lowest BCUT2D eigenvalue weighted by molar-refractivity contribution is -0.385. The van der Waals surface area contributed by atoms with Crippen molar-refractivity contribution in [3.63, 3.8) is 0 Å². The van der Waals surface area contributed by atoms with Crippen LogP contribution in [0.3, 0.4) is 0 Å². The second-order valence-corrected chi connectivity index (χ2v) is 4.13. The van der Waals surface area contributed by atoms with Crippen molar-refractivity contribution >= 4 is 22.1 Å². The lowest BCUT2D eigenvalue weighted by atomic mass is 10.3. The minimum Gasteiger partial charge on any atom is -0.452 e. The monoisotopic (exact) mass is 276 g/mol. The molecule has 1 rings (SSSR count). The Morgan fingerprint density at radius 3 is 2.56 bits per heavy atom. The molecule has 0 aliphatic rings. The average Bonchev–Trinajstić information content (AvgIpc) is 2.28. The fraction of sp³-hybridized carbons (Fsp3) is 0.125. The third-order valence-corrected chi connectivity index (χ3v) is 2.47. The molecule has 1 aromatic rings. The van der Waals surface area contributed by atoms with E-state index in [0.717, 1.165) is 19.2 Å². The van der Waals surface area contributed by atoms with Crippen molar-refractivity contribution in [1.82, 2.24) is 4.72 Å². The van der Waals surface area contributed by atoms with E-state index in [2.05, 4.69) is 8.92 Å². The largest absolute Gasteiger partial charge is 0.452 e. The summed E-state index contributed by atoms with van der Waals surface area (Å²) in [5, 5.41) is 10.6. The molecule has 0 spiro atoms. The normalized spacial score (nSPS) is 10.5. The molecular formula is C8H8N2O7S. The summed E-state index contributed by atoms with van der Waals surface area (Å²) >= 11 is 0. The van der Waals surface area contributed by atoms with Gasteiger partial charge >= 0.3 is 22.1 Å². The van der Waals surface area contributed by atoms with Gasteiger partial charge in [0, 0.05) is 6.07 Å². The second-order valence-electron chi connectivity index (χ2n) is 2.86. The molecule has 10 heteroatoms. The summed E-state index contributed by atoms with van der Waals surface area (Å²) in [6, 6.07) is 4.82. The number of methoxy groups -OCH3 is 1. The maximum Gasteiger partial charge on any atom is 0.423 e. The van der Waals surface area contributed by atoms with Crippen LogP contribution in [0.4, 0.5) is 10.5 Å². The first-order valence-electron chi connectivity index (χ1n) is 4.39. The Bertz CT molecular complexity index is 569. The van der Waals surface area contributed by atoms with Crippen LogP contribution in [0.25, 0.3) is 0 Å². The Hall–Kier alpha value is -2.36. The molecule has 0 aliphatic heterocycles. The van der Waals surface area contributed by atoms with Crippen LogP contribution in [0, 0.1) is 10.1 Å². The third-order valence-electron chi connectivity index (χ3n) is 1.66. The average molecular weight is 276 g/mol. The zero-order valence-electron chi connectivity index (χ0n) is 9.02. The summed E-state index contributed by atoms with van der Waals surface area (Å²) in [5.41, 5.74) is -0.548. The van der Waals surface area contributed by atoms with E-state index in [4.69, 9.17) is 0 Å². The summed E-state index contributed by atoms with van der Waals surface area (Å²) in [5.74, 6) is -0.515. The van der Waals surface area contributed by atoms with E-state index in [-0.39, 0.29) is 0 Å². The molecule has 0 heterocycles. The maximum atomic E-state index is 11.3. The van der Waals surface area contributed by atoms with E-state index in [9.17, 15) is 23.3 Å². The molecular weight excluding hydrogens is 268 g/mol. The molecule has 0 unspecified atom stereocenters. The standard InChI is InChI=1S/C8H8N2O7S/c1-16-8(11)9-18(14,15)17-7-5-3-2-4-6(7)10(12)13/h2-5H,1H3,(H,9,11). The molecule has 1 amide bonds. The molecule has 1 N–H and O–H groups in total. The number of rotatable bonds is 4. The van der Waals surface area contributed by atoms with Crippen LogP contribution in [0.5, 0.6) is 5.75 Å². The van der Waals surface area contributed by atoms with Crippen LogP contribution in [-0.4, -0.2) is 26.5 Å². The van der Waals surface area contributed by atoms with Crippen molar-refractivity contribution in [2.75, 3.05) is 7.11 Å². The smallest absolute Gasteiger partial charge is 0.423 e. The first-order valence-corrected chi connectivity index (χ1v) is 5.80. The van der Waals surface area contributed by atoms with Gasteiger partial charge in [0.15, 0.2) is 0 Å². The number of nitro groups is 1. The summed E-state index contributed by atoms with van der Waals surface area (Å²) < 4.78 is 32.4. The molecule has 1 aromatic carbocycles. The zero-order chi connectivity index (χ0) is 13.8. The molecule has 0 bridgehead atoms. The van der Waals surface area contributed by atoms with Crippen molar-refractivity contribution < 1.29 is 27.1 Å². The van der Waals surface area contributed by atoms with E-state index in [1.807, 2.05) is 0 Å². The molecule has 0 radical (unpaired) electrons. The van der Waals surface area contributed by atoms with Crippen LogP contribution < -0.4 is 8.91 Å². The van der Waals surface area contributed by atoms with Gasteiger partial charge in [0.1, 0.15) is 0 Å². The fourth-order valence-electron chi connectivity index (χ4n) is 0.961. The molecule has 0 fully saturated rings. The summed E-state index contributed by atoms with van der Waals surface area (Å²) in [4.78, 5) is 20.5. The Kier molecular flexibility index (Phi) is 4.05. The van der Waals surface area contributed by atoms with E-state index >= 15 is 0 Å². The highest BCUT2D eigenvalue weighted by molar-refractivity contribution is 7.85. The zero-order valence-corrected chi connectivity index (χ0v) is 9.84. The van der Waals surface area contributed by atoms with Crippen LogP contribution in [0.15, 0.2) is 24.3 Å². The van der Waals surface area contributed by atoms with Crippen molar-refractivity contribution in [1.29, 1.82) is 0 Å². The van der Waals surface area contributed by atoms with Gasteiger partial charge in [-0.2, -0.15) is 13.1 Å². The van der Waals surface area contributed by atoms with Crippen molar-refractivity contribution in [2.24, 2.45) is 0 Å². The number of nitrogens with zero attached hydrogens (tertiary/aromatic N) is 1. The summed E-state index contributed by atoms with van der Waals surface area (Å²) in [7, 11) is -3.58. The molecule has 9 nitrogen and oxygen atoms in total. The van der Waals surface area contributed by atoms with Gasteiger partial charge in [0.25, 0.3) is 0 Å². The SMILES string of the molecule is COC(=O)NS(=O)(=O)Oc1ccccc1[N+](=O)[O-]. The van der Waals surface area contributed by atoms with Gasteiger partial charge in [0.2, 0.25) is 5.75 Å². The number of nitro benzene ring substituents is 1. The molecule has 0 saturated carbocycles. The predicted molar refractivity (Wildman–Crippen MR) is 58.2 cm³/mol. The third kappa shape index (κ3) is 3.59. The minimum absolute atomic E-state index is 0.515. The van der Waals surface area contributed by atoms with Gasteiger partial charge in [-0.25, -0.2) is 4.79 Å². The van der Waals surface area contributed by atoms with Crippen LogP contribution in [-0.2, 0) is 15.0 Å². The van der Waals surface area contributed by atoms with Gasteiger partial charge in [-0.1, -0.05) is 12.1 Å². The highest BCUT2D eigenvalue weighted by atomic mass is 32.2.